The number of rotatable bonds is 12. The molecule has 184 valence electrons. The molecule has 0 aromatic heterocycles. The summed E-state index contributed by atoms with van der Waals surface area (Å²) in [7, 11) is 0. The van der Waals surface area contributed by atoms with Crippen LogP contribution in [0.4, 0.5) is 0 Å². The average Bonchev–Trinajstić information content (AvgIpc) is 2.87. The van der Waals surface area contributed by atoms with E-state index in [1.807, 2.05) is 60.7 Å². The van der Waals surface area contributed by atoms with Crippen molar-refractivity contribution in [2.45, 2.75) is 51.1 Å². The summed E-state index contributed by atoms with van der Waals surface area (Å²) in [6.45, 7) is 7.20. The summed E-state index contributed by atoms with van der Waals surface area (Å²) >= 11 is 1.67. The minimum Gasteiger partial charge on any atom is -0.354 e. The Balaban J connectivity index is 1.80. The van der Waals surface area contributed by atoms with Crippen LogP contribution in [0.15, 0.2) is 89.8 Å². The van der Waals surface area contributed by atoms with E-state index in [0.29, 0.717) is 37.6 Å². The molecule has 0 bridgehead atoms. The van der Waals surface area contributed by atoms with Gasteiger partial charge in [-0.3, -0.25) is 9.59 Å². The predicted molar refractivity (Wildman–Crippen MR) is 145 cm³/mol. The van der Waals surface area contributed by atoms with Gasteiger partial charge in [-0.2, -0.15) is 0 Å². The number of aryl methyl sites for hydroxylation is 1. The third-order valence-electron chi connectivity index (χ3n) is 5.76. The van der Waals surface area contributed by atoms with Crippen LogP contribution < -0.4 is 5.32 Å². The van der Waals surface area contributed by atoms with Crippen molar-refractivity contribution in [1.82, 2.24) is 10.2 Å². The van der Waals surface area contributed by atoms with Crippen LogP contribution in [0.5, 0.6) is 0 Å². The van der Waals surface area contributed by atoms with Crippen LogP contribution in [-0.2, 0) is 22.6 Å². The Morgan fingerprint density at radius 2 is 1.46 bits per heavy atom. The molecule has 0 heterocycles. The first kappa shape index (κ1) is 26.6. The fourth-order valence-corrected chi connectivity index (χ4v) is 4.63. The Morgan fingerprint density at radius 1 is 0.857 bits per heavy atom. The summed E-state index contributed by atoms with van der Waals surface area (Å²) in [5.74, 6) is 0.895. The predicted octanol–water partition coefficient (Wildman–Crippen LogP) is 5.89. The van der Waals surface area contributed by atoms with Gasteiger partial charge >= 0.3 is 0 Å². The minimum atomic E-state index is -0.576. The van der Waals surface area contributed by atoms with E-state index >= 15 is 0 Å². The van der Waals surface area contributed by atoms with Gasteiger partial charge in [-0.15, -0.1) is 11.8 Å². The zero-order chi connectivity index (χ0) is 25.0. The molecule has 1 unspecified atom stereocenters. The van der Waals surface area contributed by atoms with Crippen LogP contribution in [0, 0.1) is 12.8 Å². The molecule has 2 amide bonds. The highest BCUT2D eigenvalue weighted by Crippen LogP contribution is 2.21. The maximum Gasteiger partial charge on any atom is 0.243 e. The van der Waals surface area contributed by atoms with Crippen LogP contribution in [-0.4, -0.2) is 35.1 Å². The second-order valence-electron chi connectivity index (χ2n) is 9.26. The monoisotopic (exact) mass is 488 g/mol. The molecule has 4 nitrogen and oxygen atoms in total. The van der Waals surface area contributed by atoms with Gasteiger partial charge in [0.1, 0.15) is 6.04 Å². The number of nitrogens with zero attached hydrogens (tertiary/aromatic N) is 1. The van der Waals surface area contributed by atoms with Crippen LogP contribution in [0.1, 0.15) is 37.0 Å². The fourth-order valence-electron chi connectivity index (χ4n) is 3.79. The molecule has 0 aliphatic carbocycles. The van der Waals surface area contributed by atoms with E-state index in [9.17, 15) is 9.59 Å². The molecule has 0 saturated carbocycles. The first-order chi connectivity index (χ1) is 16.9. The molecule has 0 fully saturated rings. The highest BCUT2D eigenvalue weighted by atomic mass is 32.2. The second kappa shape index (κ2) is 13.7. The van der Waals surface area contributed by atoms with Crippen molar-refractivity contribution in [3.05, 3.63) is 102 Å². The average molecular weight is 489 g/mol. The van der Waals surface area contributed by atoms with Crippen molar-refractivity contribution in [1.29, 1.82) is 0 Å². The van der Waals surface area contributed by atoms with Crippen molar-refractivity contribution in [2.24, 2.45) is 5.92 Å². The lowest BCUT2D eigenvalue weighted by molar-refractivity contribution is -0.141. The Bertz CT molecular complexity index is 1050. The van der Waals surface area contributed by atoms with Crippen molar-refractivity contribution in [2.75, 3.05) is 12.3 Å². The molecule has 0 aliphatic rings. The number of hydrogen-bond donors (Lipinski definition) is 1. The SMILES string of the molecule is Cc1ccc(SCCC(=O)N(Cc2ccccc2)C(Cc2ccccc2)C(=O)NCC(C)C)cc1. The van der Waals surface area contributed by atoms with Gasteiger partial charge in [0.15, 0.2) is 0 Å². The van der Waals surface area contributed by atoms with Crippen molar-refractivity contribution >= 4 is 23.6 Å². The minimum absolute atomic E-state index is 0.00547. The maximum absolute atomic E-state index is 13.6. The summed E-state index contributed by atoms with van der Waals surface area (Å²) in [5.41, 5.74) is 3.27. The van der Waals surface area contributed by atoms with E-state index in [4.69, 9.17) is 0 Å². The molecule has 0 aliphatic heterocycles. The Hall–Kier alpha value is -3.05. The van der Waals surface area contributed by atoms with Gasteiger partial charge in [0.25, 0.3) is 0 Å². The van der Waals surface area contributed by atoms with Crippen LogP contribution in [0.2, 0.25) is 0 Å². The molecule has 0 spiro atoms. The molecule has 1 N–H and O–H groups in total. The largest absolute Gasteiger partial charge is 0.354 e. The Kier molecular flexibility index (Phi) is 10.4. The van der Waals surface area contributed by atoms with E-state index in [-0.39, 0.29) is 11.8 Å². The van der Waals surface area contributed by atoms with E-state index in [0.717, 1.165) is 16.0 Å². The van der Waals surface area contributed by atoms with E-state index < -0.39 is 6.04 Å². The molecule has 5 heteroatoms. The zero-order valence-corrected chi connectivity index (χ0v) is 21.8. The van der Waals surface area contributed by atoms with Crippen LogP contribution in [0.25, 0.3) is 0 Å². The number of nitrogens with one attached hydrogen (secondary N) is 1. The van der Waals surface area contributed by atoms with Crippen LogP contribution in [0.3, 0.4) is 0 Å². The third-order valence-corrected chi connectivity index (χ3v) is 6.77. The first-order valence-electron chi connectivity index (χ1n) is 12.3. The molecule has 0 saturated heterocycles. The smallest absolute Gasteiger partial charge is 0.243 e. The lowest BCUT2D eigenvalue weighted by atomic mass is 10.0. The second-order valence-corrected chi connectivity index (χ2v) is 10.4. The lowest BCUT2D eigenvalue weighted by Gasteiger charge is -2.32. The molecule has 35 heavy (non-hydrogen) atoms. The van der Waals surface area contributed by atoms with Gasteiger partial charge in [-0.25, -0.2) is 0 Å². The summed E-state index contributed by atoms with van der Waals surface area (Å²) < 4.78 is 0. The number of benzene rings is 3. The topological polar surface area (TPSA) is 49.4 Å². The number of carbonyl (C=O) groups is 2. The highest BCUT2D eigenvalue weighted by molar-refractivity contribution is 7.99. The van der Waals surface area contributed by atoms with Gasteiger partial charge in [0, 0.05) is 36.6 Å². The molecule has 3 aromatic rings. The molecular weight excluding hydrogens is 452 g/mol. The third kappa shape index (κ3) is 8.91. The van der Waals surface area contributed by atoms with E-state index in [2.05, 4.69) is 50.4 Å². The molecule has 3 aromatic carbocycles. The number of carbonyl (C=O) groups excluding carboxylic acids is 2. The number of thioether (sulfide) groups is 1. The Morgan fingerprint density at radius 3 is 2.06 bits per heavy atom. The quantitative estimate of drug-likeness (QED) is 0.324. The standard InChI is InChI=1S/C30H36N2O2S/c1-23(2)21-31-30(34)28(20-25-10-6-4-7-11-25)32(22-26-12-8-5-9-13-26)29(33)18-19-35-27-16-14-24(3)15-17-27/h4-17,23,28H,18-22H2,1-3H3,(H,31,34). The molecule has 3 rings (SSSR count). The van der Waals surface area contributed by atoms with E-state index in [1.165, 1.54) is 5.56 Å². The summed E-state index contributed by atoms with van der Waals surface area (Å²) in [6, 6.07) is 27.6. The fraction of sp³-hybridized carbons (Fsp3) is 0.333. The first-order valence-corrected chi connectivity index (χ1v) is 13.3. The van der Waals surface area contributed by atoms with Crippen molar-refractivity contribution < 1.29 is 9.59 Å². The summed E-state index contributed by atoms with van der Waals surface area (Å²) in [5, 5.41) is 3.07. The normalized spacial score (nSPS) is 11.8. The zero-order valence-electron chi connectivity index (χ0n) is 20.9. The molecule has 1 atom stereocenters. The number of hydrogen-bond acceptors (Lipinski definition) is 3. The summed E-state index contributed by atoms with van der Waals surface area (Å²) in [6.07, 6.45) is 0.850. The van der Waals surface area contributed by atoms with E-state index in [1.54, 1.807) is 16.7 Å². The highest BCUT2D eigenvalue weighted by Gasteiger charge is 2.30. The molecule has 0 radical (unpaired) electrons. The van der Waals surface area contributed by atoms with Gasteiger partial charge in [-0.1, -0.05) is 92.2 Å². The number of amides is 2. The van der Waals surface area contributed by atoms with Crippen molar-refractivity contribution in [3.8, 4) is 0 Å². The van der Waals surface area contributed by atoms with Gasteiger partial charge in [0.2, 0.25) is 11.8 Å². The molecular formula is C30H36N2O2S. The Labute approximate surface area is 214 Å². The van der Waals surface area contributed by atoms with Gasteiger partial charge in [0.05, 0.1) is 0 Å². The van der Waals surface area contributed by atoms with Crippen molar-refractivity contribution in [3.63, 3.8) is 0 Å². The summed E-state index contributed by atoms with van der Waals surface area (Å²) in [4.78, 5) is 29.9. The van der Waals surface area contributed by atoms with Crippen LogP contribution >= 0.6 is 11.8 Å². The van der Waals surface area contributed by atoms with Gasteiger partial charge < -0.3 is 10.2 Å². The maximum atomic E-state index is 13.6. The van der Waals surface area contributed by atoms with Gasteiger partial charge in [-0.05, 0) is 36.1 Å². The lowest BCUT2D eigenvalue weighted by Crippen LogP contribution is -2.51.